The lowest BCUT2D eigenvalue weighted by Gasteiger charge is -2.22. The van der Waals surface area contributed by atoms with Gasteiger partial charge < -0.3 is 15.0 Å². The van der Waals surface area contributed by atoms with Gasteiger partial charge in [-0.3, -0.25) is 4.99 Å². The van der Waals surface area contributed by atoms with Gasteiger partial charge in [-0.2, -0.15) is 0 Å². The molecule has 0 spiro atoms. The fourth-order valence-corrected chi connectivity index (χ4v) is 3.18. The van der Waals surface area contributed by atoms with E-state index in [1.54, 1.807) is 7.05 Å². The van der Waals surface area contributed by atoms with E-state index in [1.165, 1.54) is 19.1 Å². The number of nitrogens with one attached hydrogen (secondary N) is 1. The summed E-state index contributed by atoms with van der Waals surface area (Å²) in [6.45, 7) is 8.02. The summed E-state index contributed by atoms with van der Waals surface area (Å²) in [5, 5.41) is 3.28. The normalized spacial score (nSPS) is 19.1. The Bertz CT molecular complexity index is 455. The van der Waals surface area contributed by atoms with Gasteiger partial charge in [0.15, 0.2) is 5.96 Å². The molecular formula is C15H32IN3O3S. The SMILES string of the molecule is CN=C(NCCOCCS(C)(=O)=O)N1CCC(CC(C)C)C1.I. The molecule has 1 aliphatic rings. The first-order valence-electron chi connectivity index (χ1n) is 8.03. The lowest BCUT2D eigenvalue weighted by molar-refractivity contribution is 0.153. The number of likely N-dealkylation sites (tertiary alicyclic amines) is 1. The van der Waals surface area contributed by atoms with Crippen molar-refractivity contribution in [3.05, 3.63) is 0 Å². The number of hydrogen-bond acceptors (Lipinski definition) is 4. The number of nitrogens with zero attached hydrogens (tertiary/aromatic N) is 2. The summed E-state index contributed by atoms with van der Waals surface area (Å²) in [5.41, 5.74) is 0. The number of rotatable bonds is 8. The van der Waals surface area contributed by atoms with Crippen LogP contribution < -0.4 is 5.32 Å². The lowest BCUT2D eigenvalue weighted by Crippen LogP contribution is -2.41. The molecule has 1 atom stereocenters. The molecule has 0 radical (unpaired) electrons. The van der Waals surface area contributed by atoms with Crippen LogP contribution in [0.4, 0.5) is 0 Å². The van der Waals surface area contributed by atoms with Crippen molar-refractivity contribution in [2.45, 2.75) is 26.7 Å². The zero-order valence-corrected chi connectivity index (χ0v) is 17.9. The van der Waals surface area contributed by atoms with Gasteiger partial charge in [0.05, 0.1) is 19.0 Å². The molecule has 0 aromatic carbocycles. The largest absolute Gasteiger partial charge is 0.379 e. The molecule has 0 bridgehead atoms. The Morgan fingerprint density at radius 2 is 2.09 bits per heavy atom. The maximum Gasteiger partial charge on any atom is 0.193 e. The van der Waals surface area contributed by atoms with Crippen molar-refractivity contribution in [3.8, 4) is 0 Å². The van der Waals surface area contributed by atoms with E-state index in [0.29, 0.717) is 13.2 Å². The van der Waals surface area contributed by atoms with Gasteiger partial charge in [0.1, 0.15) is 9.84 Å². The molecule has 0 aromatic heterocycles. The molecule has 1 saturated heterocycles. The second kappa shape index (κ2) is 11.5. The number of hydrogen-bond donors (Lipinski definition) is 1. The zero-order chi connectivity index (χ0) is 16.6. The number of sulfone groups is 1. The minimum absolute atomic E-state index is 0. The molecule has 138 valence electrons. The Labute approximate surface area is 158 Å². The van der Waals surface area contributed by atoms with Crippen LogP contribution in [0, 0.1) is 11.8 Å². The van der Waals surface area contributed by atoms with E-state index in [2.05, 4.69) is 29.1 Å². The summed E-state index contributed by atoms with van der Waals surface area (Å²) in [5.74, 6) is 2.48. The van der Waals surface area contributed by atoms with E-state index in [9.17, 15) is 8.42 Å². The predicted octanol–water partition coefficient (Wildman–Crippen LogP) is 1.61. The summed E-state index contributed by atoms with van der Waals surface area (Å²) < 4.78 is 27.3. The quantitative estimate of drug-likeness (QED) is 0.258. The minimum atomic E-state index is -2.94. The fourth-order valence-electron chi connectivity index (χ4n) is 2.76. The van der Waals surface area contributed by atoms with Crippen LogP contribution in [0.15, 0.2) is 4.99 Å². The van der Waals surface area contributed by atoms with Crippen LogP contribution in [0.3, 0.4) is 0 Å². The van der Waals surface area contributed by atoms with E-state index in [4.69, 9.17) is 4.74 Å². The standard InChI is InChI=1S/C15H31N3O3S.HI/c1-13(2)11-14-5-7-18(12-14)15(16-3)17-6-8-21-9-10-22(4,19)20;/h13-14H,5-12H2,1-4H3,(H,16,17);1H. The fraction of sp³-hybridized carbons (Fsp3) is 0.933. The van der Waals surface area contributed by atoms with Crippen molar-refractivity contribution < 1.29 is 13.2 Å². The number of halogens is 1. The highest BCUT2D eigenvalue weighted by Gasteiger charge is 2.25. The average molecular weight is 461 g/mol. The molecular weight excluding hydrogens is 429 g/mol. The van der Waals surface area contributed by atoms with Gasteiger partial charge in [-0.05, 0) is 24.7 Å². The van der Waals surface area contributed by atoms with E-state index in [0.717, 1.165) is 30.9 Å². The molecule has 1 rings (SSSR count). The van der Waals surface area contributed by atoms with Gasteiger partial charge in [-0.1, -0.05) is 13.8 Å². The Hall–Kier alpha value is -0.0900. The summed E-state index contributed by atoms with van der Waals surface area (Å²) in [6, 6.07) is 0. The molecule has 23 heavy (non-hydrogen) atoms. The van der Waals surface area contributed by atoms with Gasteiger partial charge in [-0.25, -0.2) is 8.42 Å². The third kappa shape index (κ3) is 10.4. The van der Waals surface area contributed by atoms with Crippen molar-refractivity contribution in [1.29, 1.82) is 0 Å². The first-order valence-corrected chi connectivity index (χ1v) is 10.1. The summed E-state index contributed by atoms with van der Waals surface area (Å²) in [4.78, 5) is 6.62. The van der Waals surface area contributed by atoms with Crippen LogP contribution >= 0.6 is 24.0 Å². The Morgan fingerprint density at radius 1 is 1.39 bits per heavy atom. The van der Waals surface area contributed by atoms with E-state index < -0.39 is 9.84 Å². The van der Waals surface area contributed by atoms with Gasteiger partial charge in [0.25, 0.3) is 0 Å². The van der Waals surface area contributed by atoms with Crippen LogP contribution in [0.1, 0.15) is 26.7 Å². The molecule has 8 heteroatoms. The van der Waals surface area contributed by atoms with Crippen molar-refractivity contribution in [3.63, 3.8) is 0 Å². The molecule has 1 unspecified atom stereocenters. The third-order valence-corrected chi connectivity index (χ3v) is 4.64. The predicted molar refractivity (Wildman–Crippen MR) is 106 cm³/mol. The Kier molecular flexibility index (Phi) is 11.4. The van der Waals surface area contributed by atoms with Crippen molar-refractivity contribution in [1.82, 2.24) is 10.2 Å². The first-order chi connectivity index (χ1) is 10.3. The highest BCUT2D eigenvalue weighted by Crippen LogP contribution is 2.23. The molecule has 0 aliphatic carbocycles. The Morgan fingerprint density at radius 3 is 2.65 bits per heavy atom. The molecule has 6 nitrogen and oxygen atoms in total. The van der Waals surface area contributed by atoms with Crippen molar-refractivity contribution in [2.24, 2.45) is 16.8 Å². The van der Waals surface area contributed by atoms with Crippen LogP contribution in [-0.2, 0) is 14.6 Å². The molecule has 1 N–H and O–H groups in total. The van der Waals surface area contributed by atoms with Crippen LogP contribution in [0.25, 0.3) is 0 Å². The molecule has 0 amide bonds. The van der Waals surface area contributed by atoms with Gasteiger partial charge in [0, 0.05) is 32.9 Å². The highest BCUT2D eigenvalue weighted by atomic mass is 127. The second-order valence-corrected chi connectivity index (χ2v) is 8.71. The maximum atomic E-state index is 11.0. The first kappa shape index (κ1) is 22.9. The summed E-state index contributed by atoms with van der Waals surface area (Å²) in [7, 11) is -1.14. The zero-order valence-electron chi connectivity index (χ0n) is 14.7. The highest BCUT2D eigenvalue weighted by molar-refractivity contribution is 14.0. The topological polar surface area (TPSA) is 71.0 Å². The van der Waals surface area contributed by atoms with E-state index in [1.807, 2.05) is 0 Å². The Balaban J connectivity index is 0.00000484. The summed E-state index contributed by atoms with van der Waals surface area (Å²) >= 11 is 0. The van der Waals surface area contributed by atoms with E-state index in [-0.39, 0.29) is 36.3 Å². The van der Waals surface area contributed by atoms with Gasteiger partial charge >= 0.3 is 0 Å². The average Bonchev–Trinajstić information content (AvgIpc) is 2.84. The lowest BCUT2D eigenvalue weighted by atomic mass is 9.97. The molecule has 1 aliphatic heterocycles. The molecule has 0 aromatic rings. The molecule has 1 heterocycles. The number of guanidine groups is 1. The van der Waals surface area contributed by atoms with Crippen molar-refractivity contribution >= 4 is 39.8 Å². The smallest absolute Gasteiger partial charge is 0.193 e. The van der Waals surface area contributed by atoms with Gasteiger partial charge in [-0.15, -0.1) is 24.0 Å². The monoisotopic (exact) mass is 461 g/mol. The van der Waals surface area contributed by atoms with E-state index >= 15 is 0 Å². The minimum Gasteiger partial charge on any atom is -0.379 e. The number of ether oxygens (including phenoxy) is 1. The van der Waals surface area contributed by atoms with Crippen LogP contribution in [0.5, 0.6) is 0 Å². The summed E-state index contributed by atoms with van der Waals surface area (Å²) in [6.07, 6.45) is 3.71. The number of aliphatic imine (C=N–C) groups is 1. The van der Waals surface area contributed by atoms with Crippen molar-refractivity contribution in [2.75, 3.05) is 51.9 Å². The van der Waals surface area contributed by atoms with Gasteiger partial charge in [0.2, 0.25) is 0 Å². The third-order valence-electron chi connectivity index (χ3n) is 3.73. The second-order valence-electron chi connectivity index (χ2n) is 6.45. The van der Waals surface area contributed by atoms with Crippen LogP contribution in [0.2, 0.25) is 0 Å². The maximum absolute atomic E-state index is 11.0. The molecule has 0 saturated carbocycles. The van der Waals surface area contributed by atoms with Crippen LogP contribution in [-0.4, -0.2) is 71.2 Å². The molecule has 1 fully saturated rings.